The van der Waals surface area contributed by atoms with Crippen LogP contribution in [0.25, 0.3) is 0 Å². The van der Waals surface area contributed by atoms with Crippen molar-refractivity contribution < 1.29 is 4.74 Å². The number of hydrogen-bond acceptors (Lipinski definition) is 1. The molecule has 1 atom stereocenters. The Balaban J connectivity index is 3.89. The average Bonchev–Trinajstić information content (AvgIpc) is 1.60. The second kappa shape index (κ2) is 3.19. The molecule has 62 valence electrons. The number of ether oxygens (including phenoxy) is 1. The van der Waals surface area contributed by atoms with Crippen molar-refractivity contribution in [3.8, 4) is 0 Å². The molecule has 1 nitrogen and oxygen atoms in total. The summed E-state index contributed by atoms with van der Waals surface area (Å²) in [6.07, 6.45) is 0. The summed E-state index contributed by atoms with van der Waals surface area (Å²) in [6, 6.07) is 0. The molecule has 2 heteroatoms. The molecule has 0 heterocycles. The Hall–Kier alpha value is 0.390. The Labute approximate surface area is 66.3 Å². The molecule has 0 radical (unpaired) electrons. The van der Waals surface area contributed by atoms with Crippen LogP contribution in [0.5, 0.6) is 0 Å². The van der Waals surface area contributed by atoms with Crippen molar-refractivity contribution >= 4 is 8.58 Å². The van der Waals surface area contributed by atoms with Gasteiger partial charge in [0, 0.05) is 7.11 Å². The van der Waals surface area contributed by atoms with Crippen LogP contribution in [0.4, 0.5) is 0 Å². The van der Waals surface area contributed by atoms with Crippen molar-refractivity contribution in [3.63, 3.8) is 0 Å². The SMILES string of the molecule is COC(C)(C)PC(C)(C)C. The summed E-state index contributed by atoms with van der Waals surface area (Å²) in [5, 5.41) is 0.442. The Morgan fingerprint density at radius 1 is 1.00 bits per heavy atom. The quantitative estimate of drug-likeness (QED) is 0.567. The Kier molecular flexibility index (Phi) is 3.32. The topological polar surface area (TPSA) is 9.23 Å². The van der Waals surface area contributed by atoms with Crippen LogP contribution in [-0.2, 0) is 4.74 Å². The summed E-state index contributed by atoms with van der Waals surface area (Å²) in [5.74, 6) is 0. The van der Waals surface area contributed by atoms with Crippen LogP contribution in [0.15, 0.2) is 0 Å². The molecule has 0 aromatic rings. The molecular formula is C8H19OP. The Morgan fingerprint density at radius 2 is 1.40 bits per heavy atom. The fraction of sp³-hybridized carbons (Fsp3) is 1.00. The first-order valence-electron chi connectivity index (χ1n) is 3.61. The average molecular weight is 162 g/mol. The van der Waals surface area contributed by atoms with Crippen molar-refractivity contribution in [3.05, 3.63) is 0 Å². The first-order chi connectivity index (χ1) is 4.27. The van der Waals surface area contributed by atoms with Crippen LogP contribution in [-0.4, -0.2) is 17.6 Å². The van der Waals surface area contributed by atoms with E-state index in [1.807, 2.05) is 0 Å². The van der Waals surface area contributed by atoms with Gasteiger partial charge in [-0.3, -0.25) is 0 Å². The van der Waals surface area contributed by atoms with Gasteiger partial charge in [0.25, 0.3) is 0 Å². The molecule has 1 unspecified atom stereocenters. The lowest BCUT2D eigenvalue weighted by molar-refractivity contribution is 0.0987. The van der Waals surface area contributed by atoms with E-state index in [0.29, 0.717) is 5.16 Å². The minimum Gasteiger partial charge on any atom is -0.375 e. The van der Waals surface area contributed by atoms with Crippen LogP contribution in [0.3, 0.4) is 0 Å². The number of hydrogen-bond donors (Lipinski definition) is 0. The molecule has 0 N–H and O–H groups in total. The minimum atomic E-state index is 0.0538. The van der Waals surface area contributed by atoms with E-state index in [2.05, 4.69) is 34.6 Å². The Bertz CT molecular complexity index is 102. The molecule has 0 fully saturated rings. The molecule has 0 aliphatic heterocycles. The maximum Gasteiger partial charge on any atom is 0.0786 e. The van der Waals surface area contributed by atoms with Gasteiger partial charge in [-0.1, -0.05) is 29.4 Å². The predicted molar refractivity (Wildman–Crippen MR) is 49.2 cm³/mol. The molecule has 10 heavy (non-hydrogen) atoms. The van der Waals surface area contributed by atoms with Gasteiger partial charge in [-0.25, -0.2) is 0 Å². The summed E-state index contributed by atoms with van der Waals surface area (Å²) >= 11 is 0. The fourth-order valence-corrected chi connectivity index (χ4v) is 2.86. The van der Waals surface area contributed by atoms with Crippen LogP contribution >= 0.6 is 8.58 Å². The minimum absolute atomic E-state index is 0.0538. The van der Waals surface area contributed by atoms with Crippen molar-refractivity contribution in [2.45, 2.75) is 45.1 Å². The molecule has 0 amide bonds. The molecular weight excluding hydrogens is 143 g/mol. The smallest absolute Gasteiger partial charge is 0.0786 e. The summed E-state index contributed by atoms with van der Waals surface area (Å²) in [4.78, 5) is 0. The standard InChI is InChI=1S/C8H19OP/c1-7(2,3)10-8(4,5)9-6/h10H,1-6H3. The first kappa shape index (κ1) is 10.4. The highest BCUT2D eigenvalue weighted by atomic mass is 31.1. The zero-order valence-electron chi connectivity index (χ0n) is 7.91. The van der Waals surface area contributed by atoms with Gasteiger partial charge in [-0.15, -0.1) is 0 Å². The van der Waals surface area contributed by atoms with Crippen LogP contribution in [0.1, 0.15) is 34.6 Å². The van der Waals surface area contributed by atoms with E-state index in [4.69, 9.17) is 4.74 Å². The highest BCUT2D eigenvalue weighted by Gasteiger charge is 2.24. The van der Waals surface area contributed by atoms with E-state index < -0.39 is 0 Å². The lowest BCUT2D eigenvalue weighted by Crippen LogP contribution is -2.22. The zero-order chi connectivity index (χ0) is 8.41. The third kappa shape index (κ3) is 5.20. The van der Waals surface area contributed by atoms with Gasteiger partial charge < -0.3 is 4.74 Å². The van der Waals surface area contributed by atoms with Crippen LogP contribution < -0.4 is 0 Å². The van der Waals surface area contributed by atoms with Gasteiger partial charge in [0.05, 0.1) is 5.34 Å². The van der Waals surface area contributed by atoms with Gasteiger partial charge in [0.1, 0.15) is 0 Å². The predicted octanol–water partition coefficient (Wildman–Crippen LogP) is 2.85. The largest absolute Gasteiger partial charge is 0.375 e. The van der Waals surface area contributed by atoms with Gasteiger partial charge >= 0.3 is 0 Å². The van der Waals surface area contributed by atoms with Crippen LogP contribution in [0, 0.1) is 0 Å². The van der Waals surface area contributed by atoms with Crippen LogP contribution in [0.2, 0.25) is 0 Å². The molecule has 0 rings (SSSR count). The summed E-state index contributed by atoms with van der Waals surface area (Å²) < 4.78 is 5.33. The molecule has 0 saturated heterocycles. The molecule has 0 aliphatic rings. The number of rotatable bonds is 2. The second-order valence-corrected chi connectivity index (χ2v) is 7.04. The van der Waals surface area contributed by atoms with E-state index in [-0.39, 0.29) is 5.34 Å². The van der Waals surface area contributed by atoms with Crippen molar-refractivity contribution in [1.29, 1.82) is 0 Å². The van der Waals surface area contributed by atoms with Gasteiger partial charge in [-0.2, -0.15) is 0 Å². The van der Waals surface area contributed by atoms with Crippen molar-refractivity contribution in [2.24, 2.45) is 0 Å². The molecule has 0 spiro atoms. The monoisotopic (exact) mass is 162 g/mol. The normalized spacial score (nSPS) is 15.0. The molecule has 0 aliphatic carbocycles. The highest BCUT2D eigenvalue weighted by Crippen LogP contribution is 2.42. The lowest BCUT2D eigenvalue weighted by atomic mass is 10.3. The van der Waals surface area contributed by atoms with E-state index in [0.717, 1.165) is 8.58 Å². The third-order valence-corrected chi connectivity index (χ3v) is 2.74. The van der Waals surface area contributed by atoms with E-state index in [9.17, 15) is 0 Å². The molecule has 0 aromatic carbocycles. The summed E-state index contributed by atoms with van der Waals surface area (Å²) in [6.45, 7) is 11.0. The van der Waals surface area contributed by atoms with Gasteiger partial charge in [-0.05, 0) is 19.0 Å². The Morgan fingerprint density at radius 3 is 1.50 bits per heavy atom. The molecule has 0 aromatic heterocycles. The highest BCUT2D eigenvalue weighted by molar-refractivity contribution is 7.41. The van der Waals surface area contributed by atoms with Gasteiger partial charge in [0.2, 0.25) is 0 Å². The van der Waals surface area contributed by atoms with E-state index in [1.54, 1.807) is 7.11 Å². The zero-order valence-corrected chi connectivity index (χ0v) is 8.91. The molecule has 0 bridgehead atoms. The van der Waals surface area contributed by atoms with E-state index in [1.165, 1.54) is 0 Å². The second-order valence-electron chi connectivity index (χ2n) is 4.09. The molecule has 0 saturated carbocycles. The maximum atomic E-state index is 5.33. The summed E-state index contributed by atoms with van der Waals surface area (Å²) in [5.41, 5.74) is 0. The van der Waals surface area contributed by atoms with Crippen molar-refractivity contribution in [2.75, 3.05) is 7.11 Å². The van der Waals surface area contributed by atoms with Gasteiger partial charge in [0.15, 0.2) is 0 Å². The third-order valence-electron chi connectivity index (χ3n) is 1.19. The van der Waals surface area contributed by atoms with Crippen molar-refractivity contribution in [1.82, 2.24) is 0 Å². The fourth-order valence-electron chi connectivity index (χ4n) is 0.954. The lowest BCUT2D eigenvalue weighted by Gasteiger charge is -2.31. The first-order valence-corrected chi connectivity index (χ1v) is 4.61. The van der Waals surface area contributed by atoms with E-state index >= 15 is 0 Å². The maximum absolute atomic E-state index is 5.33. The number of methoxy groups -OCH3 is 1. The summed E-state index contributed by atoms with van der Waals surface area (Å²) in [7, 11) is 2.62.